The van der Waals surface area contributed by atoms with Crippen LogP contribution < -0.4 is 0 Å². The molecule has 0 N–H and O–H groups in total. The van der Waals surface area contributed by atoms with Crippen molar-refractivity contribution in [3.05, 3.63) is 18.0 Å². The lowest BCUT2D eigenvalue weighted by Gasteiger charge is -2.32. The zero-order chi connectivity index (χ0) is 17.6. The van der Waals surface area contributed by atoms with Crippen molar-refractivity contribution in [3.63, 3.8) is 0 Å². The fourth-order valence-electron chi connectivity index (χ4n) is 3.98. The van der Waals surface area contributed by atoms with Crippen LogP contribution in [0, 0.1) is 11.8 Å². The van der Waals surface area contributed by atoms with Gasteiger partial charge in [-0.3, -0.25) is 14.3 Å². The molecule has 1 aromatic heterocycles. The Morgan fingerprint density at radius 1 is 1.24 bits per heavy atom. The number of ether oxygens (including phenoxy) is 1. The second-order valence-corrected chi connectivity index (χ2v) is 7.33. The monoisotopic (exact) mass is 350 g/mol. The normalized spacial score (nSPS) is 32.1. The second kappa shape index (κ2) is 6.40. The number of hydrogen-bond donors (Lipinski definition) is 0. The van der Waals surface area contributed by atoms with E-state index in [1.54, 1.807) is 33.9 Å². The minimum atomic E-state index is -0.828. The van der Waals surface area contributed by atoms with Crippen molar-refractivity contribution < 1.29 is 18.7 Å². The maximum Gasteiger partial charge on any atom is 0.257 e. The van der Waals surface area contributed by atoms with Crippen LogP contribution in [0.1, 0.15) is 23.2 Å². The van der Waals surface area contributed by atoms with Crippen LogP contribution >= 0.6 is 0 Å². The van der Waals surface area contributed by atoms with Gasteiger partial charge in [0, 0.05) is 51.3 Å². The molecule has 25 heavy (non-hydrogen) atoms. The lowest BCUT2D eigenvalue weighted by atomic mass is 9.82. The van der Waals surface area contributed by atoms with E-state index >= 15 is 0 Å². The predicted octanol–water partition coefficient (Wildman–Crippen LogP) is 0.468. The van der Waals surface area contributed by atoms with Gasteiger partial charge in [0.15, 0.2) is 0 Å². The standard InChI is InChI=1S/C17H23FN4O3/c1-20-7-12(6-19-20)17(24)21-2-3-25-15-10-22(9-13(15)8-21)16(23)11-4-14(18)5-11/h6-7,11,13-15H,2-5,8-10H2,1H3/t11?,13-,14?,15+/m0/s1. The molecule has 0 unspecified atom stereocenters. The van der Waals surface area contributed by atoms with Crippen LogP contribution in [-0.4, -0.2) is 76.5 Å². The number of fused-ring (bicyclic) bond motifs is 1. The van der Waals surface area contributed by atoms with Gasteiger partial charge >= 0.3 is 0 Å². The average molecular weight is 350 g/mol. The maximum atomic E-state index is 13.0. The van der Waals surface area contributed by atoms with Gasteiger partial charge in [-0.25, -0.2) is 4.39 Å². The molecule has 1 saturated carbocycles. The molecular weight excluding hydrogens is 327 g/mol. The first kappa shape index (κ1) is 16.5. The number of alkyl halides is 1. The van der Waals surface area contributed by atoms with E-state index < -0.39 is 6.17 Å². The molecular formula is C17H23FN4O3. The first-order valence-electron chi connectivity index (χ1n) is 8.83. The highest BCUT2D eigenvalue weighted by molar-refractivity contribution is 5.93. The Kier molecular flexibility index (Phi) is 4.23. The molecule has 136 valence electrons. The van der Waals surface area contributed by atoms with Crippen LogP contribution in [0.15, 0.2) is 12.4 Å². The Morgan fingerprint density at radius 2 is 2.00 bits per heavy atom. The van der Waals surface area contributed by atoms with Crippen molar-refractivity contribution in [1.82, 2.24) is 19.6 Å². The molecule has 3 fully saturated rings. The molecule has 1 aromatic rings. The molecule has 1 aliphatic carbocycles. The van der Waals surface area contributed by atoms with Crippen LogP contribution in [0.3, 0.4) is 0 Å². The van der Waals surface area contributed by atoms with Crippen molar-refractivity contribution in [2.75, 3.05) is 32.8 Å². The van der Waals surface area contributed by atoms with Crippen LogP contribution in [0.4, 0.5) is 4.39 Å². The van der Waals surface area contributed by atoms with Gasteiger partial charge in [0.2, 0.25) is 5.91 Å². The third-order valence-corrected chi connectivity index (χ3v) is 5.51. The Labute approximate surface area is 145 Å². The first-order chi connectivity index (χ1) is 12.0. The predicted molar refractivity (Wildman–Crippen MR) is 86.5 cm³/mol. The zero-order valence-electron chi connectivity index (χ0n) is 14.3. The number of rotatable bonds is 2. The molecule has 4 rings (SSSR count). The van der Waals surface area contributed by atoms with E-state index in [1.165, 1.54) is 0 Å². The molecule has 7 nitrogen and oxygen atoms in total. The van der Waals surface area contributed by atoms with Crippen LogP contribution in [-0.2, 0) is 16.6 Å². The van der Waals surface area contributed by atoms with Crippen LogP contribution in [0.25, 0.3) is 0 Å². The molecule has 0 spiro atoms. The third kappa shape index (κ3) is 3.15. The zero-order valence-corrected chi connectivity index (χ0v) is 14.3. The van der Waals surface area contributed by atoms with E-state index in [0.29, 0.717) is 51.2 Å². The van der Waals surface area contributed by atoms with E-state index in [1.807, 2.05) is 0 Å². The summed E-state index contributed by atoms with van der Waals surface area (Å²) in [6.07, 6.45) is 3.09. The van der Waals surface area contributed by atoms with Crippen LogP contribution in [0.2, 0.25) is 0 Å². The summed E-state index contributed by atoms with van der Waals surface area (Å²) < 4.78 is 20.5. The summed E-state index contributed by atoms with van der Waals surface area (Å²) in [4.78, 5) is 28.7. The van der Waals surface area contributed by atoms with Gasteiger partial charge in [0.05, 0.1) is 24.5 Å². The molecule has 0 aromatic carbocycles. The topological polar surface area (TPSA) is 67.7 Å². The van der Waals surface area contributed by atoms with Gasteiger partial charge in [0.25, 0.3) is 5.91 Å². The fraction of sp³-hybridized carbons (Fsp3) is 0.706. The Balaban J connectivity index is 1.40. The number of hydrogen-bond acceptors (Lipinski definition) is 4. The van der Waals surface area contributed by atoms with Gasteiger partial charge in [-0.05, 0) is 12.8 Å². The molecule has 2 aliphatic heterocycles. The molecule has 2 saturated heterocycles. The lowest BCUT2D eigenvalue weighted by Crippen LogP contribution is -2.42. The summed E-state index contributed by atoms with van der Waals surface area (Å²) in [5.41, 5.74) is 0.565. The van der Waals surface area contributed by atoms with E-state index in [4.69, 9.17) is 4.74 Å². The minimum absolute atomic E-state index is 0.0377. The maximum absolute atomic E-state index is 13.0. The highest BCUT2D eigenvalue weighted by Gasteiger charge is 2.44. The number of nitrogens with zero attached hydrogens (tertiary/aromatic N) is 4. The quantitative estimate of drug-likeness (QED) is 0.778. The molecule has 8 heteroatoms. The van der Waals surface area contributed by atoms with E-state index in [0.717, 1.165) is 0 Å². The average Bonchev–Trinajstić information content (AvgIpc) is 3.11. The Hall–Kier alpha value is -1.96. The number of aromatic nitrogens is 2. The summed E-state index contributed by atoms with van der Waals surface area (Å²) in [7, 11) is 1.78. The number of halogens is 1. The molecule has 3 heterocycles. The summed E-state index contributed by atoms with van der Waals surface area (Å²) in [6, 6.07) is 0. The molecule has 0 radical (unpaired) electrons. The number of likely N-dealkylation sites (tertiary alicyclic amines) is 1. The smallest absolute Gasteiger partial charge is 0.257 e. The van der Waals surface area contributed by atoms with Crippen molar-refractivity contribution >= 4 is 11.8 Å². The number of carbonyl (C=O) groups is 2. The van der Waals surface area contributed by atoms with Crippen LogP contribution in [0.5, 0.6) is 0 Å². The van der Waals surface area contributed by atoms with Crippen molar-refractivity contribution in [3.8, 4) is 0 Å². The largest absolute Gasteiger partial charge is 0.374 e. The third-order valence-electron chi connectivity index (χ3n) is 5.51. The molecule has 2 atom stereocenters. The summed E-state index contributed by atoms with van der Waals surface area (Å²) in [6.45, 7) is 2.70. The summed E-state index contributed by atoms with van der Waals surface area (Å²) in [5, 5.41) is 4.05. The Bertz CT molecular complexity index is 673. The summed E-state index contributed by atoms with van der Waals surface area (Å²) in [5.74, 6) is -0.0871. The fourth-order valence-corrected chi connectivity index (χ4v) is 3.98. The number of carbonyl (C=O) groups excluding carboxylic acids is 2. The molecule has 0 bridgehead atoms. The lowest BCUT2D eigenvalue weighted by molar-refractivity contribution is -0.139. The van der Waals surface area contributed by atoms with Crippen molar-refractivity contribution in [2.45, 2.75) is 25.1 Å². The van der Waals surface area contributed by atoms with E-state index in [-0.39, 0.29) is 29.8 Å². The van der Waals surface area contributed by atoms with Gasteiger partial charge in [-0.2, -0.15) is 5.10 Å². The number of aryl methyl sites for hydroxylation is 1. The molecule has 2 amide bonds. The van der Waals surface area contributed by atoms with Gasteiger partial charge in [0.1, 0.15) is 6.17 Å². The summed E-state index contributed by atoms with van der Waals surface area (Å²) >= 11 is 0. The van der Waals surface area contributed by atoms with Crippen molar-refractivity contribution in [1.29, 1.82) is 0 Å². The van der Waals surface area contributed by atoms with Gasteiger partial charge < -0.3 is 14.5 Å². The van der Waals surface area contributed by atoms with Crippen molar-refractivity contribution in [2.24, 2.45) is 18.9 Å². The Morgan fingerprint density at radius 3 is 2.68 bits per heavy atom. The van der Waals surface area contributed by atoms with Gasteiger partial charge in [-0.1, -0.05) is 0 Å². The van der Waals surface area contributed by atoms with E-state index in [2.05, 4.69) is 5.10 Å². The molecule has 3 aliphatic rings. The minimum Gasteiger partial charge on any atom is -0.374 e. The van der Waals surface area contributed by atoms with Gasteiger partial charge in [-0.15, -0.1) is 0 Å². The SMILES string of the molecule is Cn1cc(C(=O)N2CCO[C@@H]3CN(C(=O)C4CC(F)C4)C[C@@H]3C2)cn1. The first-order valence-corrected chi connectivity index (χ1v) is 8.83. The van der Waals surface area contributed by atoms with E-state index in [9.17, 15) is 14.0 Å². The highest BCUT2D eigenvalue weighted by atomic mass is 19.1. The highest BCUT2D eigenvalue weighted by Crippen LogP contribution is 2.34. The number of amides is 2. The second-order valence-electron chi connectivity index (χ2n) is 7.33.